The van der Waals surface area contributed by atoms with Crippen molar-refractivity contribution >= 4 is 23.5 Å². The minimum atomic E-state index is -0.427. The van der Waals surface area contributed by atoms with Crippen LogP contribution in [0.5, 0.6) is 5.75 Å². The molecule has 2 amide bonds. The summed E-state index contributed by atoms with van der Waals surface area (Å²) in [5, 5.41) is 8.44. The van der Waals surface area contributed by atoms with E-state index in [1.165, 1.54) is 0 Å². The van der Waals surface area contributed by atoms with Crippen molar-refractivity contribution in [2.75, 3.05) is 35.6 Å². The highest BCUT2D eigenvalue weighted by Crippen LogP contribution is 2.26. The molecule has 132 valence electrons. The fraction of sp³-hybridized carbons (Fsp3) is 0.312. The number of nitrogens with one attached hydrogen (secondary N) is 3. The van der Waals surface area contributed by atoms with E-state index in [1.54, 1.807) is 18.2 Å². The van der Waals surface area contributed by atoms with Crippen molar-refractivity contribution in [1.82, 2.24) is 9.97 Å². The Bertz CT molecular complexity index is 768. The van der Waals surface area contributed by atoms with Gasteiger partial charge in [-0.25, -0.2) is 9.78 Å². The molecule has 0 spiro atoms. The molecule has 0 fully saturated rings. The predicted molar refractivity (Wildman–Crippen MR) is 93.7 cm³/mol. The first-order valence-electron chi connectivity index (χ1n) is 7.94. The lowest BCUT2D eigenvalue weighted by Gasteiger charge is -2.16. The lowest BCUT2D eigenvalue weighted by atomic mass is 10.1. The summed E-state index contributed by atoms with van der Waals surface area (Å²) in [7, 11) is 0. The van der Waals surface area contributed by atoms with Crippen LogP contribution in [0.3, 0.4) is 0 Å². The normalized spacial score (nSPS) is 12.7. The number of amides is 2. The van der Waals surface area contributed by atoms with Gasteiger partial charge in [-0.1, -0.05) is 0 Å². The molecular formula is C16H20N6O3. The number of nitrogens with two attached hydrogens (primary N) is 1. The smallest absolute Gasteiger partial charge is 0.326 e. The van der Waals surface area contributed by atoms with Crippen LogP contribution < -0.4 is 26.6 Å². The van der Waals surface area contributed by atoms with Crippen molar-refractivity contribution in [1.29, 1.82) is 0 Å². The highest BCUT2D eigenvalue weighted by molar-refractivity contribution is 5.98. The zero-order valence-corrected chi connectivity index (χ0v) is 13.8. The van der Waals surface area contributed by atoms with Crippen molar-refractivity contribution in [3.05, 3.63) is 35.5 Å². The van der Waals surface area contributed by atoms with E-state index in [0.717, 1.165) is 17.7 Å². The zero-order chi connectivity index (χ0) is 17.6. The van der Waals surface area contributed by atoms with Crippen molar-refractivity contribution in [3.8, 4) is 5.75 Å². The Morgan fingerprint density at radius 1 is 1.28 bits per heavy atom. The van der Waals surface area contributed by atoms with Crippen molar-refractivity contribution < 1.29 is 14.6 Å². The van der Waals surface area contributed by atoms with Gasteiger partial charge in [0.15, 0.2) is 5.75 Å². The molecule has 9 heteroatoms. The Morgan fingerprint density at radius 3 is 3.00 bits per heavy atom. The van der Waals surface area contributed by atoms with Gasteiger partial charge >= 0.3 is 6.03 Å². The summed E-state index contributed by atoms with van der Waals surface area (Å²) in [6.45, 7) is 3.38. The largest absolute Gasteiger partial charge is 0.369 e. The van der Waals surface area contributed by atoms with E-state index in [-0.39, 0.29) is 5.95 Å². The molecular weight excluding hydrogens is 324 g/mol. The number of rotatable bonds is 5. The summed E-state index contributed by atoms with van der Waals surface area (Å²) in [5.41, 5.74) is 7.82. The van der Waals surface area contributed by atoms with Crippen LogP contribution >= 0.6 is 0 Å². The van der Waals surface area contributed by atoms with Crippen LogP contribution in [0.4, 0.5) is 22.2 Å². The molecule has 0 bridgehead atoms. The molecule has 1 aliphatic heterocycles. The monoisotopic (exact) mass is 344 g/mol. The maximum atomic E-state index is 12.2. The Kier molecular flexibility index (Phi) is 5.26. The van der Waals surface area contributed by atoms with Gasteiger partial charge in [0.25, 0.3) is 0 Å². The molecule has 9 nitrogen and oxygen atoms in total. The fourth-order valence-electron chi connectivity index (χ4n) is 2.37. The van der Waals surface area contributed by atoms with Crippen LogP contribution in [-0.2, 0) is 11.3 Å². The first kappa shape index (κ1) is 16.9. The summed E-state index contributed by atoms with van der Waals surface area (Å²) in [6.07, 6.45) is 0.726. The summed E-state index contributed by atoms with van der Waals surface area (Å²) in [4.78, 5) is 30.6. The van der Waals surface area contributed by atoms with E-state index in [9.17, 15) is 4.79 Å². The highest BCUT2D eigenvalue weighted by atomic mass is 17.2. The van der Waals surface area contributed by atoms with E-state index in [4.69, 9.17) is 15.5 Å². The third-order valence-electron chi connectivity index (χ3n) is 3.45. The topological polar surface area (TPSA) is 123 Å². The van der Waals surface area contributed by atoms with E-state index in [2.05, 4.69) is 25.9 Å². The number of urea groups is 1. The summed E-state index contributed by atoms with van der Waals surface area (Å²) in [5.74, 6) is 1.49. The Hall–Kier alpha value is -2.91. The standard InChI is InChI=1S/C16H20N6O3/c1-10-8-14(18-6-5-17)21-15(19-10)22-16(23)20-12-2-3-13-11(9-12)4-7-24-25-13/h2-3,8-9H,4-7,17H2,1H3,(H3,18,19,20,21,22,23). The molecule has 0 atom stereocenters. The van der Waals surface area contributed by atoms with Gasteiger partial charge in [-0.15, -0.1) is 0 Å². The van der Waals surface area contributed by atoms with Crippen LogP contribution in [0.2, 0.25) is 0 Å². The SMILES string of the molecule is Cc1cc(NCCN)nc(NC(=O)Nc2ccc3c(c2)CCOO3)n1. The average Bonchev–Trinajstić information content (AvgIpc) is 2.59. The van der Waals surface area contributed by atoms with Crippen molar-refractivity contribution in [2.45, 2.75) is 13.3 Å². The van der Waals surface area contributed by atoms with Gasteiger partial charge in [0.2, 0.25) is 5.95 Å². The zero-order valence-electron chi connectivity index (χ0n) is 13.8. The Morgan fingerprint density at radius 2 is 2.16 bits per heavy atom. The number of anilines is 3. The van der Waals surface area contributed by atoms with E-state index >= 15 is 0 Å². The van der Waals surface area contributed by atoms with Gasteiger partial charge in [-0.2, -0.15) is 9.87 Å². The molecule has 2 heterocycles. The number of aryl methyl sites for hydroxylation is 1. The van der Waals surface area contributed by atoms with E-state index in [1.807, 2.05) is 13.0 Å². The second kappa shape index (κ2) is 7.77. The summed E-state index contributed by atoms with van der Waals surface area (Å²) < 4.78 is 0. The Labute approximate surface area is 144 Å². The molecule has 1 aromatic carbocycles. The van der Waals surface area contributed by atoms with Crippen molar-refractivity contribution in [2.24, 2.45) is 5.73 Å². The minimum absolute atomic E-state index is 0.215. The van der Waals surface area contributed by atoms with Gasteiger partial charge in [0.05, 0.1) is 6.61 Å². The second-order valence-corrected chi connectivity index (χ2v) is 5.49. The number of nitrogens with zero attached hydrogens (tertiary/aromatic N) is 2. The van der Waals surface area contributed by atoms with Gasteiger partial charge < -0.3 is 21.3 Å². The average molecular weight is 344 g/mol. The predicted octanol–water partition coefficient (Wildman–Crippen LogP) is 1.67. The van der Waals surface area contributed by atoms with Crippen LogP contribution in [0.25, 0.3) is 0 Å². The lowest BCUT2D eigenvalue weighted by molar-refractivity contribution is -0.215. The van der Waals surface area contributed by atoms with Gasteiger partial charge in [0, 0.05) is 42.5 Å². The van der Waals surface area contributed by atoms with Crippen LogP contribution in [0.1, 0.15) is 11.3 Å². The van der Waals surface area contributed by atoms with Gasteiger partial charge in [0.1, 0.15) is 5.82 Å². The number of carbonyl (C=O) groups is 1. The van der Waals surface area contributed by atoms with Crippen LogP contribution in [-0.4, -0.2) is 35.7 Å². The third kappa shape index (κ3) is 4.55. The quantitative estimate of drug-likeness (QED) is 0.608. The number of hydrogen-bond acceptors (Lipinski definition) is 7. The highest BCUT2D eigenvalue weighted by Gasteiger charge is 2.13. The molecule has 0 saturated heterocycles. The fourth-order valence-corrected chi connectivity index (χ4v) is 2.37. The molecule has 2 aromatic rings. The molecule has 1 aromatic heterocycles. The van der Waals surface area contributed by atoms with Crippen molar-refractivity contribution in [3.63, 3.8) is 0 Å². The number of benzene rings is 1. The van der Waals surface area contributed by atoms with Crippen LogP contribution in [0, 0.1) is 6.92 Å². The number of carbonyl (C=O) groups excluding carboxylic acids is 1. The first-order valence-corrected chi connectivity index (χ1v) is 7.94. The first-order chi connectivity index (χ1) is 12.1. The molecule has 1 aliphatic rings. The van der Waals surface area contributed by atoms with Gasteiger partial charge in [-0.05, 0) is 25.1 Å². The summed E-state index contributed by atoms with van der Waals surface area (Å²) in [6, 6.07) is 6.69. The summed E-state index contributed by atoms with van der Waals surface area (Å²) >= 11 is 0. The van der Waals surface area contributed by atoms with Crippen LogP contribution in [0.15, 0.2) is 24.3 Å². The molecule has 0 saturated carbocycles. The molecule has 0 radical (unpaired) electrons. The Balaban J connectivity index is 1.65. The molecule has 0 unspecified atom stereocenters. The lowest BCUT2D eigenvalue weighted by Crippen LogP contribution is -2.22. The minimum Gasteiger partial charge on any atom is -0.369 e. The maximum Gasteiger partial charge on any atom is 0.326 e. The van der Waals surface area contributed by atoms with Gasteiger partial charge in [-0.3, -0.25) is 5.32 Å². The molecule has 5 N–H and O–H groups in total. The van der Waals surface area contributed by atoms with E-state index in [0.29, 0.717) is 37.0 Å². The number of aromatic nitrogens is 2. The second-order valence-electron chi connectivity index (χ2n) is 5.49. The molecule has 25 heavy (non-hydrogen) atoms. The number of hydrogen-bond donors (Lipinski definition) is 4. The molecule has 3 rings (SSSR count). The third-order valence-corrected chi connectivity index (χ3v) is 3.45. The van der Waals surface area contributed by atoms with E-state index < -0.39 is 6.03 Å². The molecule has 0 aliphatic carbocycles. The number of fused-ring (bicyclic) bond motifs is 1. The maximum absolute atomic E-state index is 12.2.